The van der Waals surface area contributed by atoms with Gasteiger partial charge in [0.2, 0.25) is 0 Å². The summed E-state index contributed by atoms with van der Waals surface area (Å²) < 4.78 is 14.9. The van der Waals surface area contributed by atoms with E-state index >= 15 is 0 Å². The molecule has 0 amide bonds. The van der Waals surface area contributed by atoms with Crippen LogP contribution >= 0.6 is 15.9 Å². The standard InChI is InChI=1S/C16H23BrFN/c1-2-19-12-16(8-4-3-5-9-16)11-13-10-14(17)6-7-15(13)18/h6-7,10,19H,2-5,8-9,11-12H2,1H3. The smallest absolute Gasteiger partial charge is 0.126 e. The topological polar surface area (TPSA) is 12.0 Å². The Balaban J connectivity index is 2.16. The van der Waals surface area contributed by atoms with Gasteiger partial charge in [-0.15, -0.1) is 0 Å². The van der Waals surface area contributed by atoms with Crippen molar-refractivity contribution in [2.24, 2.45) is 5.41 Å². The number of hydrogen-bond donors (Lipinski definition) is 1. The van der Waals surface area contributed by atoms with Crippen molar-refractivity contribution in [3.05, 3.63) is 34.1 Å². The molecule has 1 aliphatic rings. The zero-order chi connectivity index (χ0) is 13.7. The van der Waals surface area contributed by atoms with Crippen molar-refractivity contribution in [3.63, 3.8) is 0 Å². The van der Waals surface area contributed by atoms with E-state index in [1.54, 1.807) is 12.1 Å². The van der Waals surface area contributed by atoms with Crippen LogP contribution in [0.4, 0.5) is 4.39 Å². The minimum absolute atomic E-state index is 0.0651. The molecule has 0 aromatic heterocycles. The fraction of sp³-hybridized carbons (Fsp3) is 0.625. The van der Waals surface area contributed by atoms with Gasteiger partial charge in [0.05, 0.1) is 0 Å². The van der Waals surface area contributed by atoms with E-state index in [4.69, 9.17) is 0 Å². The quantitative estimate of drug-likeness (QED) is 0.827. The number of halogens is 2. The molecule has 0 atom stereocenters. The van der Waals surface area contributed by atoms with Gasteiger partial charge in [-0.25, -0.2) is 4.39 Å². The highest BCUT2D eigenvalue weighted by molar-refractivity contribution is 9.10. The molecule has 106 valence electrons. The van der Waals surface area contributed by atoms with Crippen molar-refractivity contribution in [2.75, 3.05) is 13.1 Å². The molecule has 0 heterocycles. The van der Waals surface area contributed by atoms with Crippen LogP contribution in [0, 0.1) is 11.2 Å². The van der Waals surface area contributed by atoms with Crippen LogP contribution in [-0.2, 0) is 6.42 Å². The number of rotatable bonds is 5. The Morgan fingerprint density at radius 3 is 2.68 bits per heavy atom. The van der Waals surface area contributed by atoms with Crippen LogP contribution < -0.4 is 5.32 Å². The minimum Gasteiger partial charge on any atom is -0.316 e. The molecule has 0 unspecified atom stereocenters. The number of benzene rings is 1. The van der Waals surface area contributed by atoms with E-state index in [9.17, 15) is 4.39 Å². The Morgan fingerprint density at radius 1 is 1.26 bits per heavy atom. The van der Waals surface area contributed by atoms with Gasteiger partial charge in [0.1, 0.15) is 5.82 Å². The lowest BCUT2D eigenvalue weighted by molar-refractivity contribution is 0.180. The summed E-state index contributed by atoms with van der Waals surface area (Å²) in [6, 6.07) is 5.29. The van der Waals surface area contributed by atoms with Gasteiger partial charge >= 0.3 is 0 Å². The lowest BCUT2D eigenvalue weighted by Gasteiger charge is -2.38. The molecule has 0 aliphatic heterocycles. The minimum atomic E-state index is -0.0651. The molecule has 1 N–H and O–H groups in total. The molecule has 19 heavy (non-hydrogen) atoms. The van der Waals surface area contributed by atoms with E-state index in [2.05, 4.69) is 28.2 Å². The van der Waals surface area contributed by atoms with Gasteiger partial charge in [0.15, 0.2) is 0 Å². The SMILES string of the molecule is CCNCC1(Cc2cc(Br)ccc2F)CCCCC1. The van der Waals surface area contributed by atoms with Crippen molar-refractivity contribution in [3.8, 4) is 0 Å². The molecule has 1 aliphatic carbocycles. The van der Waals surface area contributed by atoms with Crippen molar-refractivity contribution in [1.82, 2.24) is 5.32 Å². The molecule has 2 rings (SSSR count). The zero-order valence-corrected chi connectivity index (χ0v) is 13.2. The summed E-state index contributed by atoms with van der Waals surface area (Å²) in [5.41, 5.74) is 1.10. The van der Waals surface area contributed by atoms with E-state index in [0.29, 0.717) is 0 Å². The number of hydrogen-bond acceptors (Lipinski definition) is 1. The summed E-state index contributed by atoms with van der Waals surface area (Å²) >= 11 is 3.45. The van der Waals surface area contributed by atoms with E-state index in [-0.39, 0.29) is 11.2 Å². The molecule has 0 spiro atoms. The largest absolute Gasteiger partial charge is 0.316 e. The highest BCUT2D eigenvalue weighted by Crippen LogP contribution is 2.39. The Kier molecular flexibility index (Phi) is 5.40. The zero-order valence-electron chi connectivity index (χ0n) is 11.6. The Labute approximate surface area is 124 Å². The van der Waals surface area contributed by atoms with Crippen LogP contribution in [-0.4, -0.2) is 13.1 Å². The Morgan fingerprint density at radius 2 is 2.00 bits per heavy atom. The molecule has 0 radical (unpaired) electrons. The van der Waals surface area contributed by atoms with Crippen LogP contribution in [0.1, 0.15) is 44.6 Å². The third kappa shape index (κ3) is 4.03. The average molecular weight is 328 g/mol. The molecule has 1 aromatic carbocycles. The Bertz CT molecular complexity index is 413. The summed E-state index contributed by atoms with van der Waals surface area (Å²) in [7, 11) is 0. The maximum atomic E-state index is 14.0. The second kappa shape index (κ2) is 6.85. The summed E-state index contributed by atoms with van der Waals surface area (Å²) in [5.74, 6) is -0.0651. The first-order valence-electron chi connectivity index (χ1n) is 7.30. The van der Waals surface area contributed by atoms with E-state index in [0.717, 1.165) is 29.5 Å². The van der Waals surface area contributed by atoms with Gasteiger partial charge in [-0.05, 0) is 55.0 Å². The van der Waals surface area contributed by atoms with Crippen LogP contribution in [0.25, 0.3) is 0 Å². The predicted molar refractivity (Wildman–Crippen MR) is 81.9 cm³/mol. The third-order valence-corrected chi connectivity index (χ3v) is 4.73. The van der Waals surface area contributed by atoms with Crippen LogP contribution in [0.2, 0.25) is 0 Å². The van der Waals surface area contributed by atoms with Crippen LogP contribution in [0.15, 0.2) is 22.7 Å². The molecular weight excluding hydrogens is 305 g/mol. The second-order valence-electron chi connectivity index (χ2n) is 5.75. The predicted octanol–water partition coefficient (Wildman–Crippen LogP) is 4.69. The lowest BCUT2D eigenvalue weighted by Crippen LogP contribution is -2.38. The fourth-order valence-electron chi connectivity index (χ4n) is 3.19. The number of nitrogens with one attached hydrogen (secondary N) is 1. The van der Waals surface area contributed by atoms with Gasteiger partial charge in [0, 0.05) is 11.0 Å². The van der Waals surface area contributed by atoms with E-state index in [1.807, 2.05) is 6.07 Å². The molecule has 1 fully saturated rings. The second-order valence-corrected chi connectivity index (χ2v) is 6.67. The normalized spacial score (nSPS) is 18.5. The van der Waals surface area contributed by atoms with Crippen LogP contribution in [0.5, 0.6) is 0 Å². The summed E-state index contributed by atoms with van der Waals surface area (Å²) in [5, 5.41) is 3.48. The molecular formula is C16H23BrFN. The fourth-order valence-corrected chi connectivity index (χ4v) is 3.60. The first-order chi connectivity index (χ1) is 9.15. The first-order valence-corrected chi connectivity index (χ1v) is 8.09. The highest BCUT2D eigenvalue weighted by Gasteiger charge is 2.32. The maximum absolute atomic E-state index is 14.0. The third-order valence-electron chi connectivity index (χ3n) is 4.24. The van der Waals surface area contributed by atoms with E-state index in [1.165, 1.54) is 32.1 Å². The molecule has 1 nitrogen and oxygen atoms in total. The van der Waals surface area contributed by atoms with Gasteiger partial charge in [-0.1, -0.05) is 42.1 Å². The van der Waals surface area contributed by atoms with E-state index < -0.39 is 0 Å². The molecule has 0 saturated heterocycles. The highest BCUT2D eigenvalue weighted by atomic mass is 79.9. The van der Waals surface area contributed by atoms with Crippen molar-refractivity contribution in [1.29, 1.82) is 0 Å². The Hall–Kier alpha value is -0.410. The van der Waals surface area contributed by atoms with Crippen molar-refractivity contribution >= 4 is 15.9 Å². The lowest BCUT2D eigenvalue weighted by atomic mass is 9.70. The van der Waals surface area contributed by atoms with Crippen molar-refractivity contribution in [2.45, 2.75) is 45.4 Å². The monoisotopic (exact) mass is 327 g/mol. The summed E-state index contributed by atoms with van der Waals surface area (Å²) in [6.45, 7) is 4.13. The van der Waals surface area contributed by atoms with Gasteiger partial charge in [-0.2, -0.15) is 0 Å². The average Bonchev–Trinajstić information content (AvgIpc) is 2.42. The summed E-state index contributed by atoms with van der Waals surface area (Å²) in [4.78, 5) is 0. The summed E-state index contributed by atoms with van der Waals surface area (Å²) in [6.07, 6.45) is 7.17. The first kappa shape index (κ1) is 15.0. The van der Waals surface area contributed by atoms with Gasteiger partial charge in [-0.3, -0.25) is 0 Å². The maximum Gasteiger partial charge on any atom is 0.126 e. The van der Waals surface area contributed by atoms with Gasteiger partial charge in [0.25, 0.3) is 0 Å². The molecule has 1 aromatic rings. The van der Waals surface area contributed by atoms with Gasteiger partial charge < -0.3 is 5.32 Å². The van der Waals surface area contributed by atoms with Crippen LogP contribution in [0.3, 0.4) is 0 Å². The molecule has 3 heteroatoms. The van der Waals surface area contributed by atoms with Crippen molar-refractivity contribution < 1.29 is 4.39 Å². The molecule has 1 saturated carbocycles. The molecule has 0 bridgehead atoms.